The van der Waals surface area contributed by atoms with Crippen molar-refractivity contribution in [1.29, 1.82) is 0 Å². The predicted octanol–water partition coefficient (Wildman–Crippen LogP) is 3.64. The van der Waals surface area contributed by atoms with Crippen molar-refractivity contribution in [2.24, 2.45) is 12.5 Å². The first kappa shape index (κ1) is 22.0. The van der Waals surface area contributed by atoms with E-state index in [-0.39, 0.29) is 22.9 Å². The minimum Gasteiger partial charge on any atom is -0.349 e. The molecule has 1 saturated carbocycles. The van der Waals surface area contributed by atoms with Gasteiger partial charge in [-0.25, -0.2) is 5.10 Å². The molecule has 1 amide bonds. The van der Waals surface area contributed by atoms with E-state index in [0.717, 1.165) is 54.4 Å². The summed E-state index contributed by atoms with van der Waals surface area (Å²) in [6, 6.07) is 11.4. The van der Waals surface area contributed by atoms with E-state index < -0.39 is 0 Å². The van der Waals surface area contributed by atoms with Gasteiger partial charge in [-0.2, -0.15) is 10.2 Å². The van der Waals surface area contributed by atoms with Crippen molar-refractivity contribution >= 4 is 16.7 Å². The van der Waals surface area contributed by atoms with Crippen molar-refractivity contribution in [3.63, 3.8) is 0 Å². The number of aromatic nitrogens is 5. The number of amides is 1. The third-order valence-electron chi connectivity index (χ3n) is 7.14. The molecule has 34 heavy (non-hydrogen) atoms. The third kappa shape index (κ3) is 4.23. The Labute approximate surface area is 197 Å². The maximum absolute atomic E-state index is 12.7. The summed E-state index contributed by atoms with van der Waals surface area (Å²) in [5, 5.41) is 15.9. The van der Waals surface area contributed by atoms with Crippen molar-refractivity contribution in [2.75, 3.05) is 0 Å². The first-order valence-electron chi connectivity index (χ1n) is 11.7. The number of nitrogens with one attached hydrogen (secondary N) is 2. The normalized spacial score (nSPS) is 19.6. The van der Waals surface area contributed by atoms with Gasteiger partial charge in [-0.3, -0.25) is 19.3 Å². The van der Waals surface area contributed by atoms with Crippen LogP contribution in [0.5, 0.6) is 0 Å². The molecule has 3 aromatic heterocycles. The van der Waals surface area contributed by atoms with E-state index in [2.05, 4.69) is 32.5 Å². The molecule has 5 rings (SSSR count). The maximum Gasteiger partial charge on any atom is 0.272 e. The molecule has 1 aliphatic carbocycles. The van der Waals surface area contributed by atoms with Gasteiger partial charge in [-0.05, 0) is 49.3 Å². The molecule has 0 spiro atoms. The number of carbonyl (C=O) groups excluding carboxylic acids is 1. The fraction of sp³-hybridized carbons (Fsp3) is 0.346. The van der Waals surface area contributed by atoms with E-state index in [0.29, 0.717) is 10.9 Å². The summed E-state index contributed by atoms with van der Waals surface area (Å²) in [7, 11) is 1.86. The van der Waals surface area contributed by atoms with Gasteiger partial charge in [0, 0.05) is 36.4 Å². The van der Waals surface area contributed by atoms with Gasteiger partial charge in [0.15, 0.2) is 0 Å². The minimum absolute atomic E-state index is 0.0896. The molecule has 0 radical (unpaired) electrons. The zero-order chi connectivity index (χ0) is 23.7. The molecule has 1 aliphatic rings. The smallest absolute Gasteiger partial charge is 0.272 e. The van der Waals surface area contributed by atoms with Gasteiger partial charge in [0.2, 0.25) is 0 Å². The lowest BCUT2D eigenvalue weighted by molar-refractivity contribution is 0.0571. The van der Waals surface area contributed by atoms with Gasteiger partial charge in [0.25, 0.3) is 11.5 Å². The summed E-state index contributed by atoms with van der Waals surface area (Å²) in [6.45, 7) is 2.21. The number of hydrogen-bond donors (Lipinski definition) is 2. The number of hydrogen-bond acceptors (Lipinski definition) is 5. The Balaban J connectivity index is 1.19. The summed E-state index contributed by atoms with van der Waals surface area (Å²) in [5.41, 5.74) is 3.23. The summed E-state index contributed by atoms with van der Waals surface area (Å²) < 4.78 is 1.73. The quantitative estimate of drug-likeness (QED) is 0.442. The zero-order valence-electron chi connectivity index (χ0n) is 19.4. The summed E-state index contributed by atoms with van der Waals surface area (Å²) in [6.07, 6.45) is 9.97. The van der Waals surface area contributed by atoms with Crippen LogP contribution < -0.4 is 10.9 Å². The first-order valence-corrected chi connectivity index (χ1v) is 11.7. The summed E-state index contributed by atoms with van der Waals surface area (Å²) in [5.74, 6) is -0.0896. The standard InChI is InChI=1S/C26H28N6O2/c1-3-26(11-10-23-20-6-4-5-7-21(20)25(34)31-30-23)12-19(13-26)29-24(33)17-8-9-22(27-14-17)18-15-28-32(2)16-18/h4-9,14-16,19H,3,10-13H2,1-2H3,(H,29,33)(H,31,34)/t19-,26-. The van der Waals surface area contributed by atoms with Crippen LogP contribution in [-0.2, 0) is 13.5 Å². The monoisotopic (exact) mass is 456 g/mol. The van der Waals surface area contributed by atoms with Crippen LogP contribution in [0.25, 0.3) is 22.0 Å². The Morgan fingerprint density at radius 1 is 1.18 bits per heavy atom. The van der Waals surface area contributed by atoms with Crippen molar-refractivity contribution in [3.05, 3.63) is 76.6 Å². The van der Waals surface area contributed by atoms with Gasteiger partial charge in [0.1, 0.15) is 0 Å². The maximum atomic E-state index is 12.7. The minimum atomic E-state index is -0.154. The van der Waals surface area contributed by atoms with E-state index in [4.69, 9.17) is 0 Å². The highest BCUT2D eigenvalue weighted by molar-refractivity contribution is 5.94. The molecule has 1 aromatic carbocycles. The SMILES string of the molecule is CC[C@]1(CCc2n[nH]c(=O)c3ccccc23)C[C@H](NC(=O)c2ccc(-c3cnn(C)c3)nc2)C1. The fourth-order valence-corrected chi connectivity index (χ4v) is 5.02. The molecule has 2 N–H and O–H groups in total. The lowest BCUT2D eigenvalue weighted by Crippen LogP contribution is -2.50. The number of rotatable bonds is 7. The van der Waals surface area contributed by atoms with Gasteiger partial charge in [0.05, 0.1) is 28.5 Å². The largest absolute Gasteiger partial charge is 0.349 e. The highest BCUT2D eigenvalue weighted by Crippen LogP contribution is 2.47. The van der Waals surface area contributed by atoms with Crippen LogP contribution in [0, 0.1) is 5.41 Å². The molecule has 8 heteroatoms. The van der Waals surface area contributed by atoms with Gasteiger partial charge >= 0.3 is 0 Å². The second-order valence-corrected chi connectivity index (χ2v) is 9.31. The highest BCUT2D eigenvalue weighted by Gasteiger charge is 2.43. The molecule has 3 heterocycles. The van der Waals surface area contributed by atoms with Gasteiger partial charge < -0.3 is 5.32 Å². The summed E-state index contributed by atoms with van der Waals surface area (Å²) >= 11 is 0. The van der Waals surface area contributed by atoms with E-state index in [1.165, 1.54) is 0 Å². The lowest BCUT2D eigenvalue weighted by Gasteiger charge is -2.48. The second-order valence-electron chi connectivity index (χ2n) is 9.31. The highest BCUT2D eigenvalue weighted by atomic mass is 16.1. The number of aryl methyl sites for hydroxylation is 2. The fourth-order valence-electron chi connectivity index (χ4n) is 5.02. The number of pyridine rings is 1. The number of fused-ring (bicyclic) bond motifs is 1. The zero-order valence-corrected chi connectivity index (χ0v) is 19.4. The van der Waals surface area contributed by atoms with E-state index in [9.17, 15) is 9.59 Å². The second kappa shape index (κ2) is 8.85. The molecule has 0 saturated heterocycles. The van der Waals surface area contributed by atoms with Crippen molar-refractivity contribution in [1.82, 2.24) is 30.3 Å². The van der Waals surface area contributed by atoms with Crippen molar-refractivity contribution in [3.8, 4) is 11.3 Å². The Kier molecular flexibility index (Phi) is 5.73. The van der Waals surface area contributed by atoms with E-state index in [1.807, 2.05) is 49.6 Å². The van der Waals surface area contributed by atoms with Crippen molar-refractivity contribution < 1.29 is 4.79 Å². The van der Waals surface area contributed by atoms with E-state index in [1.54, 1.807) is 17.1 Å². The van der Waals surface area contributed by atoms with Crippen LogP contribution in [0.3, 0.4) is 0 Å². The van der Waals surface area contributed by atoms with Crippen LogP contribution in [0.1, 0.15) is 48.7 Å². The molecule has 8 nitrogen and oxygen atoms in total. The number of carbonyl (C=O) groups is 1. The van der Waals surface area contributed by atoms with Gasteiger partial charge in [-0.15, -0.1) is 0 Å². The first-order chi connectivity index (χ1) is 16.5. The molecular weight excluding hydrogens is 428 g/mol. The van der Waals surface area contributed by atoms with Gasteiger partial charge in [-0.1, -0.05) is 31.5 Å². The number of H-pyrrole nitrogens is 1. The number of aromatic amines is 1. The Morgan fingerprint density at radius 3 is 2.65 bits per heavy atom. The Hall–Kier alpha value is -3.81. The predicted molar refractivity (Wildman–Crippen MR) is 130 cm³/mol. The summed E-state index contributed by atoms with van der Waals surface area (Å²) in [4.78, 5) is 29.2. The number of nitrogens with zero attached hydrogens (tertiary/aromatic N) is 4. The van der Waals surface area contributed by atoms with Crippen LogP contribution in [0.4, 0.5) is 0 Å². The Bertz CT molecular complexity index is 1380. The molecular formula is C26H28N6O2. The van der Waals surface area contributed by atoms with Crippen molar-refractivity contribution in [2.45, 2.75) is 45.1 Å². The van der Waals surface area contributed by atoms with Crippen LogP contribution in [-0.4, -0.2) is 36.9 Å². The number of benzene rings is 1. The molecule has 0 unspecified atom stereocenters. The van der Waals surface area contributed by atoms with Crippen LogP contribution in [0.15, 0.2) is 59.8 Å². The Morgan fingerprint density at radius 2 is 1.97 bits per heavy atom. The molecule has 4 aromatic rings. The van der Waals surface area contributed by atoms with Crippen LogP contribution in [0.2, 0.25) is 0 Å². The lowest BCUT2D eigenvalue weighted by atomic mass is 9.61. The topological polar surface area (TPSA) is 106 Å². The molecule has 0 aliphatic heterocycles. The average molecular weight is 457 g/mol. The molecule has 0 atom stereocenters. The van der Waals surface area contributed by atoms with E-state index >= 15 is 0 Å². The molecule has 174 valence electrons. The molecule has 1 fully saturated rings. The molecule has 0 bridgehead atoms. The third-order valence-corrected chi connectivity index (χ3v) is 7.14. The average Bonchev–Trinajstić information content (AvgIpc) is 3.28. The van der Waals surface area contributed by atoms with Crippen LogP contribution >= 0.6 is 0 Å².